The van der Waals surface area contributed by atoms with Crippen LogP contribution in [0.2, 0.25) is 0 Å². The number of hydrogen-bond donors (Lipinski definition) is 1. The van der Waals surface area contributed by atoms with E-state index in [1.165, 1.54) is 18.3 Å². The molecule has 2 rings (SSSR count). The van der Waals surface area contributed by atoms with Crippen molar-refractivity contribution in [3.63, 3.8) is 0 Å². The summed E-state index contributed by atoms with van der Waals surface area (Å²) in [4.78, 5) is 12.1. The summed E-state index contributed by atoms with van der Waals surface area (Å²) in [6.45, 7) is 0. The number of allylic oxidation sites excluding steroid dienone is 1. The summed E-state index contributed by atoms with van der Waals surface area (Å²) in [5.41, 5.74) is 1.09. The number of Topliss-reactive ketones (excluding diaryl/α,β-unsaturated/α-hetero) is 1. The number of benzene rings is 2. The van der Waals surface area contributed by atoms with Crippen LogP contribution in [0, 0.1) is 5.82 Å². The SMILES string of the molecule is COc1ccc(C(=O)/C(Cl)=C/Nc2ccc(F)cc2)cc1. The summed E-state index contributed by atoms with van der Waals surface area (Å²) in [5.74, 6) is 0.0231. The standard InChI is InChI=1S/C16H13ClFNO2/c1-21-14-8-2-11(3-9-14)16(20)15(17)10-19-13-6-4-12(18)5-7-13/h2-10,19H,1H3/b15-10-. The quantitative estimate of drug-likeness (QED) is 0.664. The molecule has 5 heteroatoms. The Morgan fingerprint density at radius 1 is 1.14 bits per heavy atom. The molecular formula is C16H13ClFNO2. The number of carbonyl (C=O) groups is 1. The molecule has 0 atom stereocenters. The van der Waals surface area contributed by atoms with Gasteiger partial charge in [-0.05, 0) is 48.5 Å². The summed E-state index contributed by atoms with van der Waals surface area (Å²) in [7, 11) is 1.55. The molecule has 2 aromatic rings. The fraction of sp³-hybridized carbons (Fsp3) is 0.0625. The Labute approximate surface area is 127 Å². The smallest absolute Gasteiger partial charge is 0.205 e. The molecule has 0 aliphatic heterocycles. The second kappa shape index (κ2) is 6.90. The minimum Gasteiger partial charge on any atom is -0.497 e. The van der Waals surface area contributed by atoms with Gasteiger partial charge in [0.15, 0.2) is 0 Å². The van der Waals surface area contributed by atoms with E-state index in [0.717, 1.165) is 0 Å². The van der Waals surface area contributed by atoms with Crippen LogP contribution in [0.3, 0.4) is 0 Å². The third-order valence-corrected chi connectivity index (χ3v) is 3.06. The van der Waals surface area contributed by atoms with Crippen LogP contribution >= 0.6 is 11.6 Å². The predicted molar refractivity (Wildman–Crippen MR) is 81.3 cm³/mol. The lowest BCUT2D eigenvalue weighted by molar-refractivity contribution is 0.104. The Kier molecular flexibility index (Phi) is 4.95. The fourth-order valence-electron chi connectivity index (χ4n) is 1.64. The summed E-state index contributed by atoms with van der Waals surface area (Å²) in [6.07, 6.45) is 1.38. The van der Waals surface area contributed by atoms with Gasteiger partial charge in [-0.3, -0.25) is 4.79 Å². The minimum atomic E-state index is -0.329. The number of hydrogen-bond acceptors (Lipinski definition) is 3. The van der Waals surface area contributed by atoms with E-state index < -0.39 is 0 Å². The molecule has 0 radical (unpaired) electrons. The Hall–Kier alpha value is -2.33. The average Bonchev–Trinajstić information content (AvgIpc) is 2.53. The van der Waals surface area contributed by atoms with Crippen molar-refractivity contribution in [2.24, 2.45) is 0 Å². The van der Waals surface area contributed by atoms with Crippen LogP contribution in [0.15, 0.2) is 59.8 Å². The molecule has 2 aromatic carbocycles. The lowest BCUT2D eigenvalue weighted by atomic mass is 10.1. The van der Waals surface area contributed by atoms with Gasteiger partial charge in [0, 0.05) is 17.5 Å². The maximum absolute atomic E-state index is 12.8. The van der Waals surface area contributed by atoms with Crippen molar-refractivity contribution in [3.05, 3.63) is 71.1 Å². The largest absolute Gasteiger partial charge is 0.497 e. The van der Waals surface area contributed by atoms with E-state index in [2.05, 4.69) is 5.32 Å². The molecule has 0 amide bonds. The monoisotopic (exact) mass is 305 g/mol. The number of rotatable bonds is 5. The highest BCUT2D eigenvalue weighted by Crippen LogP contribution is 2.17. The molecule has 0 saturated carbocycles. The van der Waals surface area contributed by atoms with Crippen LogP contribution in [0.25, 0.3) is 0 Å². The summed E-state index contributed by atoms with van der Waals surface area (Å²) in [5, 5.41) is 2.87. The van der Waals surface area contributed by atoms with E-state index in [1.54, 1.807) is 43.5 Å². The number of methoxy groups -OCH3 is 1. The zero-order valence-electron chi connectivity index (χ0n) is 11.3. The van der Waals surface area contributed by atoms with E-state index in [9.17, 15) is 9.18 Å². The Morgan fingerprint density at radius 2 is 1.76 bits per heavy atom. The van der Waals surface area contributed by atoms with Gasteiger partial charge in [0.05, 0.1) is 7.11 Å². The molecule has 0 aliphatic carbocycles. The number of anilines is 1. The van der Waals surface area contributed by atoms with Crippen molar-refractivity contribution in [2.75, 3.05) is 12.4 Å². The normalized spacial score (nSPS) is 11.1. The predicted octanol–water partition coefficient (Wildman–Crippen LogP) is 4.21. The number of ketones is 1. The van der Waals surface area contributed by atoms with Crippen LogP contribution in [-0.2, 0) is 0 Å². The van der Waals surface area contributed by atoms with Gasteiger partial charge >= 0.3 is 0 Å². The van der Waals surface area contributed by atoms with Gasteiger partial charge in [0.25, 0.3) is 0 Å². The second-order valence-electron chi connectivity index (χ2n) is 4.20. The van der Waals surface area contributed by atoms with Crippen LogP contribution in [0.4, 0.5) is 10.1 Å². The van der Waals surface area contributed by atoms with Gasteiger partial charge in [-0.1, -0.05) is 11.6 Å². The lowest BCUT2D eigenvalue weighted by Gasteiger charge is -2.04. The number of halogens is 2. The molecule has 108 valence electrons. The number of ether oxygens (including phenoxy) is 1. The Morgan fingerprint density at radius 3 is 2.33 bits per heavy atom. The van der Waals surface area contributed by atoms with E-state index >= 15 is 0 Å². The first-order valence-corrected chi connectivity index (χ1v) is 6.54. The summed E-state index contributed by atoms with van der Waals surface area (Å²) < 4.78 is 17.8. The minimum absolute atomic E-state index is 0.0319. The molecule has 0 aromatic heterocycles. The first-order chi connectivity index (χ1) is 10.1. The van der Waals surface area contributed by atoms with Crippen molar-refractivity contribution in [3.8, 4) is 5.75 Å². The van der Waals surface area contributed by atoms with E-state index in [-0.39, 0.29) is 16.6 Å². The highest BCUT2D eigenvalue weighted by Gasteiger charge is 2.10. The molecule has 0 unspecified atom stereocenters. The molecule has 0 saturated heterocycles. The third-order valence-electron chi connectivity index (χ3n) is 2.78. The molecule has 0 bridgehead atoms. The first kappa shape index (κ1) is 15.1. The van der Waals surface area contributed by atoms with Crippen molar-refractivity contribution < 1.29 is 13.9 Å². The maximum Gasteiger partial charge on any atom is 0.205 e. The van der Waals surface area contributed by atoms with Gasteiger partial charge in [-0.25, -0.2) is 4.39 Å². The van der Waals surface area contributed by atoms with Gasteiger partial charge in [-0.15, -0.1) is 0 Å². The zero-order valence-corrected chi connectivity index (χ0v) is 12.0. The van der Waals surface area contributed by atoms with Crippen LogP contribution < -0.4 is 10.1 Å². The van der Waals surface area contributed by atoms with Gasteiger partial charge in [0.1, 0.15) is 16.6 Å². The molecular weight excluding hydrogens is 293 g/mol. The summed E-state index contributed by atoms with van der Waals surface area (Å²) >= 11 is 5.96. The fourth-order valence-corrected chi connectivity index (χ4v) is 1.80. The van der Waals surface area contributed by atoms with Crippen LogP contribution in [-0.4, -0.2) is 12.9 Å². The lowest BCUT2D eigenvalue weighted by Crippen LogP contribution is -2.01. The van der Waals surface area contributed by atoms with E-state index in [4.69, 9.17) is 16.3 Å². The Bertz CT molecular complexity index is 651. The number of nitrogens with one attached hydrogen (secondary N) is 1. The molecule has 21 heavy (non-hydrogen) atoms. The maximum atomic E-state index is 12.8. The van der Waals surface area contributed by atoms with Gasteiger partial charge in [-0.2, -0.15) is 0 Å². The average molecular weight is 306 g/mol. The highest BCUT2D eigenvalue weighted by molar-refractivity contribution is 6.45. The van der Waals surface area contributed by atoms with Crippen molar-refractivity contribution in [2.45, 2.75) is 0 Å². The third kappa shape index (κ3) is 4.07. The van der Waals surface area contributed by atoms with Crippen LogP contribution in [0.5, 0.6) is 5.75 Å². The summed E-state index contributed by atoms with van der Waals surface area (Å²) in [6, 6.07) is 12.4. The van der Waals surface area contributed by atoms with Gasteiger partial charge < -0.3 is 10.1 Å². The molecule has 0 aliphatic rings. The van der Waals surface area contributed by atoms with E-state index in [0.29, 0.717) is 17.0 Å². The first-order valence-electron chi connectivity index (χ1n) is 6.16. The van der Waals surface area contributed by atoms with Gasteiger partial charge in [0.2, 0.25) is 5.78 Å². The molecule has 3 nitrogen and oxygen atoms in total. The zero-order chi connectivity index (χ0) is 15.2. The van der Waals surface area contributed by atoms with Crippen molar-refractivity contribution in [1.29, 1.82) is 0 Å². The number of carbonyl (C=O) groups excluding carboxylic acids is 1. The second-order valence-corrected chi connectivity index (χ2v) is 4.61. The Balaban J connectivity index is 2.06. The highest BCUT2D eigenvalue weighted by atomic mass is 35.5. The van der Waals surface area contributed by atoms with E-state index in [1.807, 2.05) is 0 Å². The topological polar surface area (TPSA) is 38.3 Å². The van der Waals surface area contributed by atoms with Crippen LogP contribution in [0.1, 0.15) is 10.4 Å². The molecule has 0 spiro atoms. The molecule has 0 heterocycles. The van der Waals surface area contributed by atoms with Crippen molar-refractivity contribution in [1.82, 2.24) is 0 Å². The van der Waals surface area contributed by atoms with Crippen molar-refractivity contribution >= 4 is 23.1 Å². The molecule has 1 N–H and O–H groups in total. The molecule has 0 fully saturated rings.